The Hall–Kier alpha value is -0.338. The van der Waals surface area contributed by atoms with Gasteiger partial charge in [0.25, 0.3) is 0 Å². The maximum absolute atomic E-state index is 10.3. The molecule has 0 bridgehead atoms. The summed E-state index contributed by atoms with van der Waals surface area (Å²) < 4.78 is 1.96. The number of rotatable bonds is 4. The van der Waals surface area contributed by atoms with Gasteiger partial charge in [0.05, 0.1) is 11.8 Å². The Morgan fingerprint density at radius 3 is 2.43 bits per heavy atom. The number of imidazole rings is 1. The van der Waals surface area contributed by atoms with Gasteiger partial charge in [0, 0.05) is 24.5 Å². The maximum Gasteiger partial charge on any atom is 2.00 e. The molecule has 0 amide bonds. The molecular formula is C16H25N3OU. The predicted molar refractivity (Wildman–Crippen MR) is 83.1 cm³/mol. The van der Waals surface area contributed by atoms with Crippen molar-refractivity contribution in [2.24, 2.45) is 11.7 Å². The van der Waals surface area contributed by atoms with Crippen LogP contribution in [0, 0.1) is 51.4 Å². The van der Waals surface area contributed by atoms with Crippen LogP contribution in [0.2, 0.25) is 0 Å². The molecule has 0 spiro atoms. The zero-order valence-corrected chi connectivity index (χ0v) is 17.5. The standard InChI is InChI=1S/C15H22N3O.CH3.U/c1-9(2)11-5-13(14(19)10(3)4)15-17-12(6-16)8-18(15)7-11;;/h5,7-10,14,19H,3,6,16H2,1-2,4H3;1H3;/q2*-1;+2. The average Bonchev–Trinajstić information content (AvgIpc) is 2.79. The summed E-state index contributed by atoms with van der Waals surface area (Å²) in [6.45, 7) is 10.5. The summed E-state index contributed by atoms with van der Waals surface area (Å²) in [5, 5.41) is 10.3. The number of nitrogens with two attached hydrogens (primary N) is 1. The summed E-state index contributed by atoms with van der Waals surface area (Å²) in [5.74, 6) is 0.295. The van der Waals surface area contributed by atoms with Crippen LogP contribution in [0.15, 0.2) is 18.5 Å². The molecule has 0 aliphatic heterocycles. The molecule has 0 aromatic carbocycles. The van der Waals surface area contributed by atoms with Crippen molar-refractivity contribution in [2.45, 2.75) is 39.3 Å². The molecule has 2 heterocycles. The van der Waals surface area contributed by atoms with Gasteiger partial charge >= 0.3 is 31.1 Å². The molecule has 114 valence electrons. The van der Waals surface area contributed by atoms with Crippen molar-refractivity contribution in [3.63, 3.8) is 0 Å². The predicted octanol–water partition coefficient (Wildman–Crippen LogP) is 2.87. The van der Waals surface area contributed by atoms with Gasteiger partial charge in [0.2, 0.25) is 0 Å². The van der Waals surface area contributed by atoms with E-state index in [0.717, 1.165) is 16.9 Å². The second-order valence-electron chi connectivity index (χ2n) is 5.47. The van der Waals surface area contributed by atoms with E-state index in [1.165, 1.54) is 5.56 Å². The maximum atomic E-state index is 10.3. The molecule has 0 aliphatic carbocycles. The number of aliphatic hydroxyl groups is 1. The first-order chi connectivity index (χ1) is 8.93. The van der Waals surface area contributed by atoms with Crippen LogP contribution < -0.4 is 5.73 Å². The number of aromatic nitrogens is 2. The van der Waals surface area contributed by atoms with Crippen LogP contribution in [0.3, 0.4) is 0 Å². The van der Waals surface area contributed by atoms with Gasteiger partial charge in [-0.2, -0.15) is 0 Å². The van der Waals surface area contributed by atoms with E-state index >= 15 is 0 Å². The summed E-state index contributed by atoms with van der Waals surface area (Å²) in [4.78, 5) is 4.49. The van der Waals surface area contributed by atoms with E-state index in [0.29, 0.717) is 12.5 Å². The van der Waals surface area contributed by atoms with Crippen LogP contribution in [0.4, 0.5) is 0 Å². The van der Waals surface area contributed by atoms with Gasteiger partial charge in [0.1, 0.15) is 5.65 Å². The van der Waals surface area contributed by atoms with E-state index in [1.807, 2.05) is 23.6 Å². The van der Waals surface area contributed by atoms with Crippen molar-refractivity contribution in [3.8, 4) is 0 Å². The van der Waals surface area contributed by atoms with E-state index in [2.05, 4.69) is 32.0 Å². The van der Waals surface area contributed by atoms with Gasteiger partial charge in [0.15, 0.2) is 0 Å². The Labute approximate surface area is 151 Å². The van der Waals surface area contributed by atoms with Gasteiger partial charge in [-0.15, -0.1) is 5.92 Å². The number of fused-ring (bicyclic) bond motifs is 1. The van der Waals surface area contributed by atoms with Crippen molar-refractivity contribution in [2.75, 3.05) is 0 Å². The van der Waals surface area contributed by atoms with Gasteiger partial charge in [-0.1, -0.05) is 20.8 Å². The SMILES string of the molecule is [CH2-]C(C)C(O)c1cc(C(C)C)cn2cc(CN)nc12.[CH3-].[U+2]. The molecule has 0 saturated carbocycles. The van der Waals surface area contributed by atoms with Crippen LogP contribution >= 0.6 is 0 Å². The molecule has 21 heavy (non-hydrogen) atoms. The third-order valence-corrected chi connectivity index (χ3v) is 3.38. The van der Waals surface area contributed by atoms with Crippen LogP contribution in [0.25, 0.3) is 5.65 Å². The number of hydrogen-bond donors (Lipinski definition) is 2. The zero-order chi connectivity index (χ0) is 14.2. The summed E-state index contributed by atoms with van der Waals surface area (Å²) in [6, 6.07) is 2.03. The van der Waals surface area contributed by atoms with Gasteiger partial charge < -0.3 is 29.6 Å². The van der Waals surface area contributed by atoms with Crippen LogP contribution in [-0.2, 0) is 6.54 Å². The molecule has 2 aromatic heterocycles. The molecule has 2 atom stereocenters. The van der Waals surface area contributed by atoms with Crippen LogP contribution in [-0.4, -0.2) is 14.5 Å². The summed E-state index contributed by atoms with van der Waals surface area (Å²) in [6.07, 6.45) is 3.36. The summed E-state index contributed by atoms with van der Waals surface area (Å²) >= 11 is 0. The smallest absolute Gasteiger partial charge is 0.391 e. The first kappa shape index (κ1) is 20.7. The normalized spacial score (nSPS) is 13.7. The first-order valence-corrected chi connectivity index (χ1v) is 6.66. The van der Waals surface area contributed by atoms with Gasteiger partial charge in [-0.25, -0.2) is 4.98 Å². The first-order valence-electron chi connectivity index (χ1n) is 6.66. The minimum Gasteiger partial charge on any atom is -0.391 e. The van der Waals surface area contributed by atoms with Crippen molar-refractivity contribution in [1.82, 2.24) is 9.38 Å². The van der Waals surface area contributed by atoms with E-state index in [9.17, 15) is 5.11 Å². The Kier molecular flexibility index (Phi) is 8.20. The summed E-state index contributed by atoms with van der Waals surface area (Å²) in [7, 11) is 0. The molecule has 5 heteroatoms. The van der Waals surface area contributed by atoms with E-state index in [-0.39, 0.29) is 44.5 Å². The largest absolute Gasteiger partial charge is 2.00 e. The Morgan fingerprint density at radius 1 is 1.33 bits per heavy atom. The van der Waals surface area contributed by atoms with Crippen molar-refractivity contribution in [1.29, 1.82) is 0 Å². The van der Waals surface area contributed by atoms with Crippen molar-refractivity contribution in [3.05, 3.63) is 49.6 Å². The van der Waals surface area contributed by atoms with Crippen molar-refractivity contribution >= 4 is 5.65 Å². The fraction of sp³-hybridized carbons (Fsp3) is 0.438. The molecule has 2 rings (SSSR count). The topological polar surface area (TPSA) is 63.5 Å². The molecule has 3 N–H and O–H groups in total. The van der Waals surface area contributed by atoms with E-state index in [1.54, 1.807) is 0 Å². The minimum absolute atomic E-state index is 0. The minimum atomic E-state index is -0.616. The number of aliphatic hydroxyl groups excluding tert-OH is 1. The fourth-order valence-electron chi connectivity index (χ4n) is 2.14. The van der Waals surface area contributed by atoms with Gasteiger partial charge in [-0.05, 0) is 17.5 Å². The quantitative estimate of drug-likeness (QED) is 0.619. The summed E-state index contributed by atoms with van der Waals surface area (Å²) in [5.41, 5.74) is 9.24. The molecular weight excluding hydrogens is 488 g/mol. The molecule has 0 radical (unpaired) electrons. The monoisotopic (exact) mass is 513 g/mol. The zero-order valence-electron chi connectivity index (χ0n) is 13.3. The van der Waals surface area contributed by atoms with Crippen LogP contribution in [0.1, 0.15) is 49.6 Å². The molecule has 4 nitrogen and oxygen atoms in total. The van der Waals surface area contributed by atoms with E-state index in [4.69, 9.17) is 5.73 Å². The fourth-order valence-corrected chi connectivity index (χ4v) is 2.14. The molecule has 0 aliphatic rings. The Bertz CT molecular complexity index is 578. The van der Waals surface area contributed by atoms with E-state index < -0.39 is 6.10 Å². The molecule has 2 aromatic rings. The third kappa shape index (κ3) is 4.32. The second kappa shape index (κ2) is 8.34. The third-order valence-electron chi connectivity index (χ3n) is 3.38. The molecule has 0 fully saturated rings. The number of hydrogen-bond acceptors (Lipinski definition) is 3. The number of pyridine rings is 1. The van der Waals surface area contributed by atoms with Gasteiger partial charge in [-0.3, -0.25) is 0 Å². The van der Waals surface area contributed by atoms with Crippen molar-refractivity contribution < 1.29 is 36.2 Å². The Balaban J connectivity index is 0.00000200. The molecule has 0 saturated heterocycles. The second-order valence-corrected chi connectivity index (χ2v) is 5.47. The van der Waals surface area contributed by atoms with Crippen LogP contribution in [0.5, 0.6) is 0 Å². The molecule has 2 unspecified atom stereocenters. The number of nitrogens with zero attached hydrogens (tertiary/aromatic N) is 2. The Morgan fingerprint density at radius 2 is 1.95 bits per heavy atom. The average molecular weight is 513 g/mol.